The predicted octanol–water partition coefficient (Wildman–Crippen LogP) is 2.00. The molecule has 0 fully saturated rings. The van der Waals surface area contributed by atoms with Gasteiger partial charge in [0.05, 0.1) is 8.80 Å². The van der Waals surface area contributed by atoms with E-state index in [1.165, 1.54) is 17.7 Å². The Hall–Kier alpha value is -0.903. The van der Waals surface area contributed by atoms with Crippen molar-refractivity contribution in [1.82, 2.24) is 4.90 Å². The molecular formula is C15H26N2Si. The van der Waals surface area contributed by atoms with Crippen LogP contribution < -0.4 is 5.73 Å². The highest BCUT2D eigenvalue weighted by atomic mass is 28.3. The van der Waals surface area contributed by atoms with Crippen molar-refractivity contribution in [2.75, 3.05) is 20.1 Å². The van der Waals surface area contributed by atoms with Gasteiger partial charge in [0.1, 0.15) is 0 Å². The molecule has 0 heterocycles. The Labute approximate surface area is 113 Å². The molecule has 2 atom stereocenters. The topological polar surface area (TPSA) is 29.3 Å². The lowest BCUT2D eigenvalue weighted by Gasteiger charge is -2.26. The Bertz CT molecular complexity index is 340. The van der Waals surface area contributed by atoms with E-state index in [1.54, 1.807) is 0 Å². The first kappa shape index (κ1) is 15.2. The Morgan fingerprint density at radius 3 is 2.61 bits per heavy atom. The van der Waals surface area contributed by atoms with Crippen LogP contribution in [0.4, 0.5) is 0 Å². The normalized spacial score (nSPS) is 14.4. The van der Waals surface area contributed by atoms with Crippen molar-refractivity contribution in [3.63, 3.8) is 0 Å². The highest BCUT2D eigenvalue weighted by molar-refractivity contribution is 6.63. The van der Waals surface area contributed by atoms with Gasteiger partial charge in [-0.3, -0.25) is 0 Å². The zero-order valence-electron chi connectivity index (χ0n) is 11.7. The number of hydrogen-bond donors (Lipinski definition) is 1. The molecular weight excluding hydrogens is 236 g/mol. The summed E-state index contributed by atoms with van der Waals surface area (Å²) in [5.41, 5.74) is 9.27. The Morgan fingerprint density at radius 1 is 1.39 bits per heavy atom. The molecule has 0 saturated carbocycles. The average molecular weight is 262 g/mol. The van der Waals surface area contributed by atoms with Crippen LogP contribution in [0.5, 0.6) is 0 Å². The molecule has 0 aliphatic rings. The highest BCUT2D eigenvalue weighted by Crippen LogP contribution is 2.11. The Balaban J connectivity index is 2.49. The minimum Gasteiger partial charge on any atom is -0.329 e. The maximum atomic E-state index is 5.60. The zero-order chi connectivity index (χ0) is 13.4. The molecule has 1 aromatic carbocycles. The first-order valence-corrected chi connectivity index (χ1v) is 9.04. The van der Waals surface area contributed by atoms with Crippen molar-refractivity contribution in [3.05, 3.63) is 48.2 Å². The van der Waals surface area contributed by atoms with Crippen molar-refractivity contribution in [2.24, 2.45) is 5.73 Å². The molecule has 0 bridgehead atoms. The van der Waals surface area contributed by atoms with E-state index in [0.717, 1.165) is 13.1 Å². The lowest BCUT2D eigenvalue weighted by molar-refractivity contribution is 0.280. The van der Waals surface area contributed by atoms with Crippen LogP contribution in [0.2, 0.25) is 6.04 Å². The van der Waals surface area contributed by atoms with Crippen LogP contribution in [0, 0.1) is 0 Å². The monoisotopic (exact) mass is 262 g/mol. The second kappa shape index (κ2) is 8.24. The summed E-state index contributed by atoms with van der Waals surface area (Å²) in [6.07, 6.45) is 0. The predicted molar refractivity (Wildman–Crippen MR) is 83.4 cm³/mol. The van der Waals surface area contributed by atoms with Crippen molar-refractivity contribution < 1.29 is 0 Å². The van der Waals surface area contributed by atoms with E-state index in [9.17, 15) is 0 Å². The molecule has 2 N–H and O–H groups in total. The van der Waals surface area contributed by atoms with Gasteiger partial charge in [-0.05, 0) is 26.1 Å². The lowest BCUT2D eigenvalue weighted by Crippen LogP contribution is -2.36. The van der Waals surface area contributed by atoms with Gasteiger partial charge in [-0.2, -0.15) is 0 Å². The van der Waals surface area contributed by atoms with Crippen molar-refractivity contribution in [3.8, 4) is 0 Å². The summed E-state index contributed by atoms with van der Waals surface area (Å²) in [7, 11) is 1.26. The maximum Gasteiger partial charge on any atom is 0.0665 e. The number of benzene rings is 1. The summed E-state index contributed by atoms with van der Waals surface area (Å²) in [6.45, 7) is 8.04. The molecule has 0 radical (unpaired) electrons. The largest absolute Gasteiger partial charge is 0.329 e. The first-order valence-electron chi connectivity index (χ1n) is 6.74. The number of nitrogens with zero attached hydrogens (tertiary/aromatic N) is 1. The third kappa shape index (κ3) is 5.17. The van der Waals surface area contributed by atoms with Crippen LogP contribution in [0.1, 0.15) is 12.5 Å². The minimum absolute atomic E-state index is 0.604. The Morgan fingerprint density at radius 2 is 2.06 bits per heavy atom. The third-order valence-corrected chi connectivity index (χ3v) is 6.50. The second-order valence-electron chi connectivity index (χ2n) is 5.04. The van der Waals surface area contributed by atoms with Gasteiger partial charge in [0, 0.05) is 19.1 Å². The fourth-order valence-electron chi connectivity index (χ4n) is 2.22. The number of likely N-dealkylation sites (N-methyl/N-ethyl adjacent to an activating group) is 1. The molecule has 0 spiro atoms. The van der Waals surface area contributed by atoms with Gasteiger partial charge in [-0.1, -0.05) is 35.9 Å². The number of rotatable bonds is 8. The molecule has 0 saturated heterocycles. The van der Waals surface area contributed by atoms with E-state index in [4.69, 9.17) is 5.73 Å². The molecule has 0 aromatic heterocycles. The van der Waals surface area contributed by atoms with Gasteiger partial charge in [0.25, 0.3) is 0 Å². The van der Waals surface area contributed by atoms with E-state index in [2.05, 4.69) is 61.5 Å². The number of hydrogen-bond acceptors (Lipinski definition) is 2. The van der Waals surface area contributed by atoms with Crippen LogP contribution in [0.3, 0.4) is 0 Å². The molecule has 1 rings (SSSR count). The second-order valence-corrected chi connectivity index (χ2v) is 7.91. The van der Waals surface area contributed by atoms with Gasteiger partial charge < -0.3 is 10.6 Å². The SMILES string of the molecule is C=C[SiH](Cc1ccccc1)CC(C)N(C)CCN. The van der Waals surface area contributed by atoms with Crippen molar-refractivity contribution in [1.29, 1.82) is 0 Å². The molecule has 100 valence electrons. The Kier molecular flexibility index (Phi) is 6.94. The average Bonchev–Trinajstić information content (AvgIpc) is 2.39. The molecule has 18 heavy (non-hydrogen) atoms. The maximum absolute atomic E-state index is 5.60. The van der Waals surface area contributed by atoms with Crippen LogP contribution in [0.25, 0.3) is 0 Å². The zero-order valence-corrected chi connectivity index (χ0v) is 12.8. The summed E-state index contributed by atoms with van der Waals surface area (Å²) in [4.78, 5) is 2.36. The van der Waals surface area contributed by atoms with Crippen LogP contribution in [-0.4, -0.2) is 39.9 Å². The van der Waals surface area contributed by atoms with E-state index >= 15 is 0 Å². The van der Waals surface area contributed by atoms with Crippen molar-refractivity contribution >= 4 is 8.80 Å². The number of nitrogens with two attached hydrogens (primary N) is 1. The van der Waals surface area contributed by atoms with Crippen LogP contribution >= 0.6 is 0 Å². The summed E-state index contributed by atoms with van der Waals surface area (Å²) in [5, 5.41) is 0. The van der Waals surface area contributed by atoms with Crippen LogP contribution in [-0.2, 0) is 6.04 Å². The van der Waals surface area contributed by atoms with Gasteiger partial charge >= 0.3 is 0 Å². The molecule has 0 aliphatic heterocycles. The van der Waals surface area contributed by atoms with Gasteiger partial charge in [0.15, 0.2) is 0 Å². The smallest absolute Gasteiger partial charge is 0.0665 e. The van der Waals surface area contributed by atoms with E-state index in [-0.39, 0.29) is 0 Å². The summed E-state index contributed by atoms with van der Waals surface area (Å²) >= 11 is 0. The van der Waals surface area contributed by atoms with Crippen molar-refractivity contribution in [2.45, 2.75) is 25.1 Å². The molecule has 0 aliphatic carbocycles. The summed E-state index contributed by atoms with van der Waals surface area (Å²) in [6, 6.07) is 13.8. The van der Waals surface area contributed by atoms with E-state index < -0.39 is 8.80 Å². The highest BCUT2D eigenvalue weighted by Gasteiger charge is 2.15. The van der Waals surface area contributed by atoms with E-state index in [0.29, 0.717) is 6.04 Å². The quantitative estimate of drug-likeness (QED) is 0.726. The molecule has 1 aromatic rings. The van der Waals surface area contributed by atoms with Gasteiger partial charge in [-0.15, -0.1) is 12.3 Å². The standard InChI is InChI=1S/C15H26N2Si/c1-4-18(12-14(2)17(3)11-10-16)13-15-8-6-5-7-9-15/h4-9,14,18H,1,10-13,16H2,2-3H3. The fourth-order valence-corrected chi connectivity index (χ4v) is 4.86. The minimum atomic E-state index is -0.897. The molecule has 2 nitrogen and oxygen atoms in total. The summed E-state index contributed by atoms with van der Waals surface area (Å²) in [5.74, 6) is 0. The lowest BCUT2D eigenvalue weighted by atomic mass is 10.2. The van der Waals surface area contributed by atoms with Gasteiger partial charge in [0.2, 0.25) is 0 Å². The molecule has 3 heteroatoms. The first-order chi connectivity index (χ1) is 8.67. The summed E-state index contributed by atoms with van der Waals surface area (Å²) < 4.78 is 0. The molecule has 2 unspecified atom stereocenters. The van der Waals surface area contributed by atoms with Crippen LogP contribution in [0.15, 0.2) is 42.6 Å². The fraction of sp³-hybridized carbons (Fsp3) is 0.467. The third-order valence-electron chi connectivity index (χ3n) is 3.55. The van der Waals surface area contributed by atoms with E-state index in [1.807, 2.05) is 0 Å². The van der Waals surface area contributed by atoms with Gasteiger partial charge in [-0.25, -0.2) is 0 Å². The molecule has 0 amide bonds.